The Labute approximate surface area is 160 Å². The molecule has 0 bridgehead atoms. The maximum absolute atomic E-state index is 3.52. The monoisotopic (exact) mass is 344 g/mol. The summed E-state index contributed by atoms with van der Waals surface area (Å²) < 4.78 is 0. The van der Waals surface area contributed by atoms with Crippen molar-refractivity contribution in [1.29, 1.82) is 0 Å². The van der Waals surface area contributed by atoms with Gasteiger partial charge in [0.25, 0.3) is 0 Å². The first-order valence-corrected chi connectivity index (χ1v) is 10.4. The molecule has 0 heterocycles. The van der Waals surface area contributed by atoms with Crippen molar-refractivity contribution in [3.05, 3.63) is 71.3 Å². The summed E-state index contributed by atoms with van der Waals surface area (Å²) in [7, 11) is 0. The Morgan fingerprint density at radius 1 is 0.923 bits per heavy atom. The van der Waals surface area contributed by atoms with E-state index in [1.54, 1.807) is 0 Å². The molecule has 3 rings (SSSR count). The molecule has 0 aromatic heterocycles. The second kappa shape index (κ2) is 9.63. The molecule has 2 aromatic carbocycles. The molecule has 0 saturated heterocycles. The van der Waals surface area contributed by atoms with Gasteiger partial charge in [-0.15, -0.1) is 0 Å². The molecule has 0 heteroatoms. The molecule has 1 saturated carbocycles. The third-order valence-electron chi connectivity index (χ3n) is 5.78. The fourth-order valence-corrected chi connectivity index (χ4v) is 4.36. The summed E-state index contributed by atoms with van der Waals surface area (Å²) in [6.45, 7) is 4.55. The van der Waals surface area contributed by atoms with E-state index in [1.807, 2.05) is 0 Å². The Kier molecular flexibility index (Phi) is 6.96. The van der Waals surface area contributed by atoms with E-state index < -0.39 is 0 Å². The Morgan fingerprint density at radius 3 is 2.35 bits per heavy atom. The lowest BCUT2D eigenvalue weighted by Gasteiger charge is -2.29. The molecule has 136 valence electrons. The van der Waals surface area contributed by atoms with E-state index in [0.717, 1.165) is 12.3 Å². The summed E-state index contributed by atoms with van der Waals surface area (Å²) in [4.78, 5) is 0. The van der Waals surface area contributed by atoms with Gasteiger partial charge in [0, 0.05) is 11.5 Å². The summed E-state index contributed by atoms with van der Waals surface area (Å²) >= 11 is 0. The lowest BCUT2D eigenvalue weighted by Crippen LogP contribution is -2.14. The van der Waals surface area contributed by atoms with E-state index in [1.165, 1.54) is 55.2 Å². The van der Waals surface area contributed by atoms with Gasteiger partial charge in [0.1, 0.15) is 0 Å². The Morgan fingerprint density at radius 2 is 1.62 bits per heavy atom. The van der Waals surface area contributed by atoms with Crippen LogP contribution >= 0.6 is 0 Å². The molecule has 1 atom stereocenters. The molecule has 0 spiro atoms. The van der Waals surface area contributed by atoms with Crippen molar-refractivity contribution in [2.45, 2.75) is 64.7 Å². The number of rotatable bonds is 5. The largest absolute Gasteiger partial charge is 0.0944 e. The summed E-state index contributed by atoms with van der Waals surface area (Å²) in [6.07, 6.45) is 9.22. The molecule has 0 radical (unpaired) electrons. The second-order valence-electron chi connectivity index (χ2n) is 7.95. The first-order chi connectivity index (χ1) is 12.8. The van der Waals surface area contributed by atoms with Crippen molar-refractivity contribution in [3.63, 3.8) is 0 Å². The average molecular weight is 345 g/mol. The fourth-order valence-electron chi connectivity index (χ4n) is 4.36. The van der Waals surface area contributed by atoms with Crippen LogP contribution in [0.2, 0.25) is 0 Å². The van der Waals surface area contributed by atoms with Gasteiger partial charge in [-0.25, -0.2) is 0 Å². The number of hydrogen-bond acceptors (Lipinski definition) is 0. The van der Waals surface area contributed by atoms with Crippen LogP contribution in [-0.2, 0) is 6.42 Å². The van der Waals surface area contributed by atoms with Gasteiger partial charge in [-0.2, -0.15) is 0 Å². The average Bonchev–Trinajstić information content (AvgIpc) is 2.68. The molecule has 1 fully saturated rings. The van der Waals surface area contributed by atoms with Crippen LogP contribution in [0, 0.1) is 23.7 Å². The van der Waals surface area contributed by atoms with Gasteiger partial charge in [0.05, 0.1) is 0 Å². The van der Waals surface area contributed by atoms with Gasteiger partial charge in [0.15, 0.2) is 0 Å². The van der Waals surface area contributed by atoms with E-state index in [-0.39, 0.29) is 0 Å². The molecule has 0 aliphatic heterocycles. The van der Waals surface area contributed by atoms with E-state index >= 15 is 0 Å². The molecule has 26 heavy (non-hydrogen) atoms. The van der Waals surface area contributed by atoms with Crippen LogP contribution in [0.1, 0.15) is 75.0 Å². The molecule has 2 aromatic rings. The number of hydrogen-bond donors (Lipinski definition) is 0. The van der Waals surface area contributed by atoms with Gasteiger partial charge in [-0.05, 0) is 61.1 Å². The van der Waals surface area contributed by atoms with Crippen molar-refractivity contribution in [3.8, 4) is 11.8 Å². The van der Waals surface area contributed by atoms with Crippen LogP contribution in [0.15, 0.2) is 54.6 Å². The van der Waals surface area contributed by atoms with Gasteiger partial charge in [-0.1, -0.05) is 87.1 Å². The summed E-state index contributed by atoms with van der Waals surface area (Å²) in [5.74, 6) is 9.07. The van der Waals surface area contributed by atoms with Crippen molar-refractivity contribution >= 4 is 0 Å². The zero-order chi connectivity index (χ0) is 18.2. The third-order valence-corrected chi connectivity index (χ3v) is 5.78. The molecular formula is C26H32. The second-order valence-corrected chi connectivity index (χ2v) is 7.95. The smallest absolute Gasteiger partial charge is 0.0280 e. The highest BCUT2D eigenvalue weighted by Gasteiger charge is 2.23. The maximum atomic E-state index is 3.52. The minimum atomic E-state index is 0.380. The van der Waals surface area contributed by atoms with Crippen LogP contribution in [0.3, 0.4) is 0 Å². The lowest BCUT2D eigenvalue weighted by atomic mass is 9.76. The molecule has 1 aliphatic rings. The molecule has 1 aliphatic carbocycles. The van der Waals surface area contributed by atoms with Crippen molar-refractivity contribution < 1.29 is 0 Å². The molecule has 0 nitrogen and oxygen atoms in total. The van der Waals surface area contributed by atoms with Gasteiger partial charge < -0.3 is 0 Å². The maximum Gasteiger partial charge on any atom is 0.0280 e. The van der Waals surface area contributed by atoms with Crippen LogP contribution in [-0.4, -0.2) is 0 Å². The van der Waals surface area contributed by atoms with Crippen LogP contribution in [0.5, 0.6) is 0 Å². The van der Waals surface area contributed by atoms with Crippen LogP contribution in [0.4, 0.5) is 0 Å². The van der Waals surface area contributed by atoms with Gasteiger partial charge in [-0.3, -0.25) is 0 Å². The first-order valence-electron chi connectivity index (χ1n) is 10.4. The molecule has 1 unspecified atom stereocenters. The predicted molar refractivity (Wildman–Crippen MR) is 112 cm³/mol. The summed E-state index contributed by atoms with van der Waals surface area (Å²) in [5.41, 5.74) is 4.12. The first kappa shape index (κ1) is 18.8. The van der Waals surface area contributed by atoms with Crippen LogP contribution < -0.4 is 0 Å². The van der Waals surface area contributed by atoms with E-state index in [0.29, 0.717) is 11.8 Å². The normalized spacial score (nSPS) is 20.8. The Balaban J connectivity index is 1.66. The van der Waals surface area contributed by atoms with Crippen molar-refractivity contribution in [2.75, 3.05) is 0 Å². The van der Waals surface area contributed by atoms with E-state index in [9.17, 15) is 0 Å². The predicted octanol–water partition coefficient (Wildman–Crippen LogP) is 6.99. The van der Waals surface area contributed by atoms with Gasteiger partial charge in [0.2, 0.25) is 0 Å². The third kappa shape index (κ3) is 5.25. The quantitative estimate of drug-likeness (QED) is 0.513. The highest BCUT2D eigenvalue weighted by Crippen LogP contribution is 2.38. The standard InChI is InChI=1S/C26H32/c1-3-9-22-15-18-25(19-16-22)26-13-8-7-12-24(26)17-14-21(2)20-23-10-5-4-6-11-23/h4-8,10-13,21-22,25H,3,9,15-16,18-20H2,1-2H3. The van der Waals surface area contributed by atoms with E-state index in [2.05, 4.69) is 80.3 Å². The zero-order valence-electron chi connectivity index (χ0n) is 16.4. The minimum absolute atomic E-state index is 0.380. The summed E-state index contributed by atoms with van der Waals surface area (Å²) in [5, 5.41) is 0. The lowest BCUT2D eigenvalue weighted by molar-refractivity contribution is 0.308. The highest BCUT2D eigenvalue weighted by molar-refractivity contribution is 5.43. The fraction of sp³-hybridized carbons (Fsp3) is 0.462. The minimum Gasteiger partial charge on any atom is -0.0944 e. The van der Waals surface area contributed by atoms with Crippen LogP contribution in [0.25, 0.3) is 0 Å². The molecular weight excluding hydrogens is 312 g/mol. The molecule has 0 N–H and O–H groups in total. The van der Waals surface area contributed by atoms with E-state index in [4.69, 9.17) is 0 Å². The Bertz CT molecular complexity index is 723. The van der Waals surface area contributed by atoms with Crippen molar-refractivity contribution in [1.82, 2.24) is 0 Å². The summed E-state index contributed by atoms with van der Waals surface area (Å²) in [6, 6.07) is 19.5. The van der Waals surface area contributed by atoms with Crippen molar-refractivity contribution in [2.24, 2.45) is 11.8 Å². The number of benzene rings is 2. The topological polar surface area (TPSA) is 0 Å². The zero-order valence-corrected chi connectivity index (χ0v) is 16.4. The SMILES string of the molecule is CCCC1CCC(c2ccccc2C#CC(C)Cc2ccccc2)CC1. The highest BCUT2D eigenvalue weighted by atomic mass is 14.3. The Hall–Kier alpha value is -2.00. The van der Waals surface area contributed by atoms with Gasteiger partial charge >= 0.3 is 0 Å². The molecule has 0 amide bonds.